The Morgan fingerprint density at radius 1 is 1.32 bits per heavy atom. The van der Waals surface area contributed by atoms with E-state index in [1.54, 1.807) is 19.1 Å². The van der Waals surface area contributed by atoms with Crippen molar-refractivity contribution in [3.63, 3.8) is 0 Å². The summed E-state index contributed by atoms with van der Waals surface area (Å²) in [7, 11) is 2.14. The van der Waals surface area contributed by atoms with Gasteiger partial charge < -0.3 is 20.3 Å². The Kier molecular flexibility index (Phi) is 6.15. The first-order valence-electron chi connectivity index (χ1n) is 7.61. The van der Waals surface area contributed by atoms with E-state index in [2.05, 4.69) is 22.6 Å². The normalized spacial score (nSPS) is 16.1. The maximum Gasteiger partial charge on any atom is 0.338 e. The zero-order valence-electron chi connectivity index (χ0n) is 13.1. The van der Waals surface area contributed by atoms with Crippen LogP contribution >= 0.6 is 12.2 Å². The molecule has 1 aliphatic heterocycles. The number of hydrogen-bond acceptors (Lipinski definition) is 4. The zero-order chi connectivity index (χ0) is 15.9. The molecule has 0 radical (unpaired) electrons. The van der Waals surface area contributed by atoms with Gasteiger partial charge in [0.2, 0.25) is 0 Å². The minimum absolute atomic E-state index is 0.305. The fourth-order valence-corrected chi connectivity index (χ4v) is 2.69. The van der Waals surface area contributed by atoms with Crippen molar-refractivity contribution in [1.29, 1.82) is 0 Å². The van der Waals surface area contributed by atoms with E-state index in [0.717, 1.165) is 31.6 Å². The maximum absolute atomic E-state index is 11.6. The van der Waals surface area contributed by atoms with Crippen molar-refractivity contribution in [2.45, 2.75) is 25.8 Å². The zero-order valence-corrected chi connectivity index (χ0v) is 13.9. The van der Waals surface area contributed by atoms with Crippen LogP contribution in [0.15, 0.2) is 24.3 Å². The average molecular weight is 321 g/mol. The SMILES string of the molecule is CCOC(=O)c1ccc(NC(=S)NC2CCN(C)CC2)cc1. The molecule has 1 heterocycles. The lowest BCUT2D eigenvalue weighted by molar-refractivity contribution is 0.0526. The predicted molar refractivity (Wildman–Crippen MR) is 92.3 cm³/mol. The number of rotatable bonds is 4. The summed E-state index contributed by atoms with van der Waals surface area (Å²) in [6.07, 6.45) is 2.19. The number of carbonyl (C=O) groups excluding carboxylic acids is 1. The van der Waals surface area contributed by atoms with Crippen molar-refractivity contribution >= 4 is 29.0 Å². The molecular weight excluding hydrogens is 298 g/mol. The van der Waals surface area contributed by atoms with Gasteiger partial charge in [-0.25, -0.2) is 4.79 Å². The smallest absolute Gasteiger partial charge is 0.338 e. The van der Waals surface area contributed by atoms with Gasteiger partial charge in [-0.1, -0.05) is 0 Å². The van der Waals surface area contributed by atoms with Gasteiger partial charge >= 0.3 is 5.97 Å². The van der Waals surface area contributed by atoms with Crippen molar-refractivity contribution in [1.82, 2.24) is 10.2 Å². The van der Waals surface area contributed by atoms with Crippen LogP contribution in [0.2, 0.25) is 0 Å². The van der Waals surface area contributed by atoms with Crippen molar-refractivity contribution in [3.8, 4) is 0 Å². The van der Waals surface area contributed by atoms with Gasteiger partial charge in [-0.2, -0.15) is 0 Å². The summed E-state index contributed by atoms with van der Waals surface area (Å²) in [5.74, 6) is -0.305. The first-order chi connectivity index (χ1) is 10.6. The Balaban J connectivity index is 1.82. The van der Waals surface area contributed by atoms with Crippen molar-refractivity contribution < 1.29 is 9.53 Å². The first kappa shape index (κ1) is 16.7. The molecule has 0 amide bonds. The lowest BCUT2D eigenvalue weighted by Gasteiger charge is -2.30. The van der Waals surface area contributed by atoms with E-state index in [9.17, 15) is 4.79 Å². The molecular formula is C16H23N3O2S. The number of nitrogens with one attached hydrogen (secondary N) is 2. The topological polar surface area (TPSA) is 53.6 Å². The lowest BCUT2D eigenvalue weighted by atomic mass is 10.1. The Labute approximate surface area is 137 Å². The number of carbonyl (C=O) groups is 1. The van der Waals surface area contributed by atoms with E-state index in [1.807, 2.05) is 12.1 Å². The molecule has 0 unspecified atom stereocenters. The Morgan fingerprint density at radius 3 is 2.55 bits per heavy atom. The molecule has 0 spiro atoms. The molecule has 1 aliphatic rings. The summed E-state index contributed by atoms with van der Waals surface area (Å²) >= 11 is 5.34. The number of piperidine rings is 1. The second kappa shape index (κ2) is 8.10. The van der Waals surface area contributed by atoms with Gasteiger partial charge in [0.15, 0.2) is 5.11 Å². The van der Waals surface area contributed by atoms with Gasteiger partial charge in [0.05, 0.1) is 12.2 Å². The molecule has 2 N–H and O–H groups in total. The maximum atomic E-state index is 11.6. The molecule has 0 bridgehead atoms. The van der Waals surface area contributed by atoms with E-state index in [1.165, 1.54) is 0 Å². The summed E-state index contributed by atoms with van der Waals surface area (Å²) in [5, 5.41) is 7.12. The third-order valence-electron chi connectivity index (χ3n) is 3.71. The van der Waals surface area contributed by atoms with Crippen LogP contribution in [0.25, 0.3) is 0 Å². The number of anilines is 1. The number of thiocarbonyl (C=S) groups is 1. The molecule has 1 aromatic rings. The van der Waals surface area contributed by atoms with Crippen molar-refractivity contribution in [3.05, 3.63) is 29.8 Å². The van der Waals surface area contributed by atoms with E-state index in [4.69, 9.17) is 17.0 Å². The molecule has 0 atom stereocenters. The van der Waals surface area contributed by atoms with Crippen molar-refractivity contribution in [2.24, 2.45) is 0 Å². The minimum Gasteiger partial charge on any atom is -0.462 e. The standard InChI is InChI=1S/C16H23N3O2S/c1-3-21-15(20)12-4-6-13(7-5-12)17-16(22)18-14-8-10-19(2)11-9-14/h4-7,14H,3,8-11H2,1-2H3,(H2,17,18,22). The molecule has 1 aromatic carbocycles. The second-order valence-corrected chi connectivity index (χ2v) is 5.88. The first-order valence-corrected chi connectivity index (χ1v) is 8.02. The summed E-state index contributed by atoms with van der Waals surface area (Å²) < 4.78 is 4.96. The molecule has 1 fully saturated rings. The van der Waals surface area contributed by atoms with E-state index >= 15 is 0 Å². The molecule has 0 aliphatic carbocycles. The van der Waals surface area contributed by atoms with Gasteiger partial charge in [0.1, 0.15) is 0 Å². The van der Waals surface area contributed by atoms with E-state index in [0.29, 0.717) is 23.3 Å². The summed E-state index contributed by atoms with van der Waals surface area (Å²) in [4.78, 5) is 13.9. The quantitative estimate of drug-likeness (QED) is 0.655. The van der Waals surface area contributed by atoms with Crippen LogP contribution in [0.5, 0.6) is 0 Å². The average Bonchev–Trinajstić information content (AvgIpc) is 2.50. The van der Waals surface area contributed by atoms with Gasteiger partial charge in [-0.05, 0) is 76.4 Å². The monoisotopic (exact) mass is 321 g/mol. The van der Waals surface area contributed by atoms with Crippen LogP contribution in [0.1, 0.15) is 30.1 Å². The van der Waals surface area contributed by atoms with E-state index < -0.39 is 0 Å². The Morgan fingerprint density at radius 2 is 1.95 bits per heavy atom. The van der Waals surface area contributed by atoms with Gasteiger partial charge in [0.25, 0.3) is 0 Å². The molecule has 22 heavy (non-hydrogen) atoms. The highest BCUT2D eigenvalue weighted by Gasteiger charge is 2.17. The third kappa shape index (κ3) is 4.96. The molecule has 5 nitrogen and oxygen atoms in total. The highest BCUT2D eigenvalue weighted by molar-refractivity contribution is 7.80. The van der Waals surface area contributed by atoms with Gasteiger partial charge in [0, 0.05) is 11.7 Å². The molecule has 2 rings (SSSR count). The number of nitrogens with zero attached hydrogens (tertiary/aromatic N) is 1. The molecule has 1 saturated heterocycles. The summed E-state index contributed by atoms with van der Waals surface area (Å²) in [6, 6.07) is 7.55. The Hall–Kier alpha value is -1.66. The second-order valence-electron chi connectivity index (χ2n) is 5.47. The minimum atomic E-state index is -0.305. The van der Waals surface area contributed by atoms with Crippen LogP contribution in [-0.2, 0) is 4.74 Å². The van der Waals surface area contributed by atoms with E-state index in [-0.39, 0.29) is 5.97 Å². The largest absolute Gasteiger partial charge is 0.462 e. The van der Waals surface area contributed by atoms with Crippen LogP contribution in [0.3, 0.4) is 0 Å². The van der Waals surface area contributed by atoms with Crippen LogP contribution in [0.4, 0.5) is 5.69 Å². The lowest BCUT2D eigenvalue weighted by Crippen LogP contribution is -2.44. The van der Waals surface area contributed by atoms with Crippen LogP contribution in [-0.4, -0.2) is 48.8 Å². The highest BCUT2D eigenvalue weighted by Crippen LogP contribution is 2.12. The fraction of sp³-hybridized carbons (Fsp3) is 0.500. The van der Waals surface area contributed by atoms with Crippen molar-refractivity contribution in [2.75, 3.05) is 32.1 Å². The van der Waals surface area contributed by atoms with Crippen LogP contribution in [0, 0.1) is 0 Å². The number of esters is 1. The predicted octanol–water partition coefficient (Wildman–Crippen LogP) is 2.24. The summed E-state index contributed by atoms with van der Waals surface area (Å²) in [5.41, 5.74) is 1.40. The molecule has 120 valence electrons. The Bertz CT molecular complexity index is 511. The fourth-order valence-electron chi connectivity index (χ4n) is 2.41. The van der Waals surface area contributed by atoms with Crippen LogP contribution < -0.4 is 10.6 Å². The molecule has 0 aromatic heterocycles. The number of benzene rings is 1. The van der Waals surface area contributed by atoms with Gasteiger partial charge in [-0.15, -0.1) is 0 Å². The highest BCUT2D eigenvalue weighted by atomic mass is 32.1. The molecule has 0 saturated carbocycles. The van der Waals surface area contributed by atoms with Gasteiger partial charge in [-0.3, -0.25) is 0 Å². The summed E-state index contributed by atoms with van der Waals surface area (Å²) in [6.45, 7) is 4.35. The number of ether oxygens (including phenoxy) is 1. The number of hydrogen-bond donors (Lipinski definition) is 2. The number of likely N-dealkylation sites (tertiary alicyclic amines) is 1. The third-order valence-corrected chi connectivity index (χ3v) is 3.93. The molecule has 6 heteroatoms.